The monoisotopic (exact) mass is 290 g/mol. The molecule has 1 atom stereocenters. The second-order valence-corrected chi connectivity index (χ2v) is 4.89. The van der Waals surface area contributed by atoms with Gasteiger partial charge in [-0.2, -0.15) is 0 Å². The zero-order valence-corrected chi connectivity index (χ0v) is 12.0. The lowest BCUT2D eigenvalue weighted by atomic mass is 10.1. The van der Waals surface area contributed by atoms with Crippen molar-refractivity contribution in [3.8, 4) is 0 Å². The molecule has 1 amide bonds. The highest BCUT2D eigenvalue weighted by Crippen LogP contribution is 2.16. The number of aromatic amines is 1. The van der Waals surface area contributed by atoms with E-state index in [4.69, 9.17) is 4.74 Å². The number of benzene rings is 1. The number of rotatable bonds is 5. The Bertz CT molecular complexity index is 695. The minimum Gasteiger partial charge on any atom is -0.389 e. The van der Waals surface area contributed by atoms with Gasteiger partial charge in [0.2, 0.25) is 5.56 Å². The average Bonchev–Trinajstić information content (AvgIpc) is 2.45. The van der Waals surface area contributed by atoms with Gasteiger partial charge in [-0.25, -0.2) is 0 Å². The summed E-state index contributed by atoms with van der Waals surface area (Å²) < 4.78 is 4.84. The fourth-order valence-electron chi connectivity index (χ4n) is 2.23. The molecule has 2 N–H and O–H groups in total. The van der Waals surface area contributed by atoms with Crippen LogP contribution in [-0.2, 0) is 4.74 Å². The molecule has 6 nitrogen and oxygen atoms in total. The molecule has 1 aromatic heterocycles. The van der Waals surface area contributed by atoms with Crippen molar-refractivity contribution in [3.05, 3.63) is 46.2 Å². The predicted octanol–water partition coefficient (Wildman–Crippen LogP) is 0.607. The minimum absolute atomic E-state index is 0.133. The zero-order chi connectivity index (χ0) is 15.4. The third-order valence-electron chi connectivity index (χ3n) is 3.17. The lowest BCUT2D eigenvalue weighted by molar-refractivity contribution is 0.0381. The third kappa shape index (κ3) is 3.48. The van der Waals surface area contributed by atoms with Gasteiger partial charge in [-0.15, -0.1) is 0 Å². The van der Waals surface area contributed by atoms with Crippen molar-refractivity contribution in [2.45, 2.75) is 6.10 Å². The second kappa shape index (κ2) is 6.51. The molecule has 1 unspecified atom stereocenters. The number of pyridine rings is 1. The van der Waals surface area contributed by atoms with Crippen LogP contribution in [0.2, 0.25) is 0 Å². The number of likely N-dealkylation sites (N-methyl/N-ethyl adjacent to an activating group) is 1. The minimum atomic E-state index is -0.766. The molecule has 1 aromatic carbocycles. The van der Waals surface area contributed by atoms with Crippen molar-refractivity contribution in [1.82, 2.24) is 9.88 Å². The van der Waals surface area contributed by atoms with E-state index in [0.29, 0.717) is 16.5 Å². The van der Waals surface area contributed by atoms with Gasteiger partial charge in [0.25, 0.3) is 5.91 Å². The summed E-state index contributed by atoms with van der Waals surface area (Å²) in [5, 5.41) is 10.4. The molecular weight excluding hydrogens is 272 g/mol. The highest BCUT2D eigenvalue weighted by atomic mass is 16.5. The van der Waals surface area contributed by atoms with E-state index in [0.717, 1.165) is 0 Å². The van der Waals surface area contributed by atoms with E-state index in [-0.39, 0.29) is 24.6 Å². The van der Waals surface area contributed by atoms with Gasteiger partial charge < -0.3 is 19.7 Å². The highest BCUT2D eigenvalue weighted by molar-refractivity contribution is 6.05. The van der Waals surface area contributed by atoms with Gasteiger partial charge in [0, 0.05) is 37.7 Å². The average molecular weight is 290 g/mol. The van der Waals surface area contributed by atoms with Gasteiger partial charge in [0.15, 0.2) is 0 Å². The SMILES string of the molecule is COCC(O)CN(C)C(=O)c1cc(=O)[nH]c2ccccc12. The Balaban J connectivity index is 2.33. The number of fused-ring (bicyclic) bond motifs is 1. The van der Waals surface area contributed by atoms with Gasteiger partial charge in [0.1, 0.15) is 0 Å². The molecule has 21 heavy (non-hydrogen) atoms. The molecule has 0 radical (unpaired) electrons. The normalized spacial score (nSPS) is 12.3. The summed E-state index contributed by atoms with van der Waals surface area (Å²) >= 11 is 0. The van der Waals surface area contributed by atoms with Gasteiger partial charge in [-0.1, -0.05) is 18.2 Å². The maximum atomic E-state index is 12.5. The van der Waals surface area contributed by atoms with E-state index in [1.807, 2.05) is 0 Å². The molecule has 0 bridgehead atoms. The van der Waals surface area contributed by atoms with Crippen LogP contribution in [0.4, 0.5) is 0 Å². The summed E-state index contributed by atoms with van der Waals surface area (Å²) in [4.78, 5) is 28.2. The number of methoxy groups -OCH3 is 1. The van der Waals surface area contributed by atoms with Crippen molar-refractivity contribution in [2.24, 2.45) is 0 Å². The fraction of sp³-hybridized carbons (Fsp3) is 0.333. The van der Waals surface area contributed by atoms with Crippen LogP contribution in [0.5, 0.6) is 0 Å². The first-order valence-electron chi connectivity index (χ1n) is 6.57. The van der Waals surface area contributed by atoms with Crippen molar-refractivity contribution >= 4 is 16.8 Å². The highest BCUT2D eigenvalue weighted by Gasteiger charge is 2.18. The van der Waals surface area contributed by atoms with E-state index in [9.17, 15) is 14.7 Å². The number of carbonyl (C=O) groups is 1. The summed E-state index contributed by atoms with van der Waals surface area (Å²) in [7, 11) is 3.06. The van der Waals surface area contributed by atoms with Crippen LogP contribution in [0.15, 0.2) is 35.1 Å². The number of aromatic nitrogens is 1. The molecule has 112 valence electrons. The molecule has 0 aliphatic rings. The van der Waals surface area contributed by atoms with E-state index in [2.05, 4.69) is 4.98 Å². The molecule has 0 spiro atoms. The number of H-pyrrole nitrogens is 1. The van der Waals surface area contributed by atoms with Crippen LogP contribution in [-0.4, -0.2) is 54.3 Å². The van der Waals surface area contributed by atoms with Crippen LogP contribution in [0.25, 0.3) is 10.9 Å². The van der Waals surface area contributed by atoms with Crippen LogP contribution < -0.4 is 5.56 Å². The second-order valence-electron chi connectivity index (χ2n) is 4.89. The van der Waals surface area contributed by atoms with Crippen LogP contribution >= 0.6 is 0 Å². The first kappa shape index (κ1) is 15.2. The Morgan fingerprint density at radius 2 is 2.14 bits per heavy atom. The summed E-state index contributed by atoms with van der Waals surface area (Å²) in [6, 6.07) is 8.39. The van der Waals surface area contributed by atoms with Crippen molar-refractivity contribution in [2.75, 3.05) is 27.3 Å². The number of hydrogen-bond acceptors (Lipinski definition) is 4. The quantitative estimate of drug-likeness (QED) is 0.845. The maximum Gasteiger partial charge on any atom is 0.254 e. The number of aliphatic hydroxyl groups is 1. The molecule has 0 saturated carbocycles. The Labute approximate surface area is 122 Å². The van der Waals surface area contributed by atoms with Gasteiger partial charge in [-0.3, -0.25) is 9.59 Å². The molecule has 1 heterocycles. The summed E-state index contributed by atoms with van der Waals surface area (Å²) in [6.07, 6.45) is -0.766. The first-order chi connectivity index (χ1) is 10.0. The van der Waals surface area contributed by atoms with E-state index < -0.39 is 6.10 Å². The lowest BCUT2D eigenvalue weighted by Crippen LogP contribution is -2.36. The standard InChI is InChI=1S/C15H18N2O4/c1-17(8-10(18)9-21-2)15(20)12-7-14(19)16-13-6-4-3-5-11(12)13/h3-7,10,18H,8-9H2,1-2H3,(H,16,19). The first-order valence-corrected chi connectivity index (χ1v) is 6.57. The van der Waals surface area contributed by atoms with Crippen LogP contribution in [0.3, 0.4) is 0 Å². The number of hydrogen-bond donors (Lipinski definition) is 2. The number of aliphatic hydroxyl groups excluding tert-OH is 1. The van der Waals surface area contributed by atoms with E-state index >= 15 is 0 Å². The molecule has 0 saturated heterocycles. The van der Waals surface area contributed by atoms with Crippen molar-refractivity contribution in [1.29, 1.82) is 0 Å². The lowest BCUT2D eigenvalue weighted by Gasteiger charge is -2.21. The van der Waals surface area contributed by atoms with Gasteiger partial charge in [0.05, 0.1) is 18.3 Å². The van der Waals surface area contributed by atoms with Gasteiger partial charge >= 0.3 is 0 Å². The van der Waals surface area contributed by atoms with E-state index in [1.165, 1.54) is 18.1 Å². The number of carbonyl (C=O) groups excluding carboxylic acids is 1. The Hall–Kier alpha value is -2.18. The maximum absolute atomic E-state index is 12.5. The van der Waals surface area contributed by atoms with Gasteiger partial charge in [-0.05, 0) is 6.07 Å². The molecule has 2 rings (SSSR count). The van der Waals surface area contributed by atoms with E-state index in [1.54, 1.807) is 31.3 Å². The number of ether oxygens (including phenoxy) is 1. The van der Waals surface area contributed by atoms with Crippen molar-refractivity contribution in [3.63, 3.8) is 0 Å². The fourth-order valence-corrected chi connectivity index (χ4v) is 2.23. The van der Waals surface area contributed by atoms with Crippen molar-refractivity contribution < 1.29 is 14.6 Å². The predicted molar refractivity (Wildman–Crippen MR) is 79.4 cm³/mol. The summed E-state index contributed by atoms with van der Waals surface area (Å²) in [6.45, 7) is 0.279. The largest absolute Gasteiger partial charge is 0.389 e. The van der Waals surface area contributed by atoms with Crippen LogP contribution in [0, 0.1) is 0 Å². The Morgan fingerprint density at radius 3 is 2.86 bits per heavy atom. The molecule has 0 aliphatic carbocycles. The molecule has 0 aliphatic heterocycles. The number of nitrogens with zero attached hydrogens (tertiary/aromatic N) is 1. The number of amides is 1. The Morgan fingerprint density at radius 1 is 1.43 bits per heavy atom. The molecular formula is C15H18N2O4. The van der Waals surface area contributed by atoms with Crippen LogP contribution in [0.1, 0.15) is 10.4 Å². The smallest absolute Gasteiger partial charge is 0.254 e. The summed E-state index contributed by atoms with van der Waals surface area (Å²) in [5.74, 6) is -0.313. The topological polar surface area (TPSA) is 82.6 Å². The third-order valence-corrected chi connectivity index (χ3v) is 3.17. The molecule has 0 fully saturated rings. The summed E-state index contributed by atoms with van der Waals surface area (Å²) in [5.41, 5.74) is 0.601. The number of para-hydroxylation sites is 1. The number of nitrogens with one attached hydrogen (secondary N) is 1. The molecule has 6 heteroatoms. The Kier molecular flexibility index (Phi) is 4.72. The zero-order valence-electron chi connectivity index (χ0n) is 12.0. The molecule has 2 aromatic rings.